The molecular weight excluding hydrogens is 506 g/mol. The fraction of sp³-hybridized carbons (Fsp3) is 0.0435. The fourth-order valence-electron chi connectivity index (χ4n) is 2.56. The molecular formula is C23H14BrCl2FN2O2. The van der Waals surface area contributed by atoms with E-state index in [0.29, 0.717) is 31.5 Å². The predicted molar refractivity (Wildman–Crippen MR) is 124 cm³/mol. The molecule has 0 aliphatic heterocycles. The van der Waals surface area contributed by atoms with Gasteiger partial charge in [-0.05, 0) is 81.7 Å². The van der Waals surface area contributed by atoms with Crippen LogP contribution in [0.3, 0.4) is 0 Å². The van der Waals surface area contributed by atoms with Gasteiger partial charge in [-0.2, -0.15) is 5.26 Å². The van der Waals surface area contributed by atoms with Crippen LogP contribution < -0.4 is 10.1 Å². The standard InChI is InChI=1S/C23H14BrCl2FN2O2/c24-19-10-14(2-8-22(19)31-13-15-1-7-20(25)21(26)11-15)9-16(12-28)23(30)29-18-5-3-17(27)4-6-18/h1-11H,13H2,(H,29,30)/b16-9+. The van der Waals surface area contributed by atoms with Gasteiger partial charge in [0.2, 0.25) is 0 Å². The lowest BCUT2D eigenvalue weighted by Gasteiger charge is -2.10. The SMILES string of the molecule is N#C/C(=C\c1ccc(OCc2ccc(Cl)c(Cl)c2)c(Br)c1)C(=O)Nc1ccc(F)cc1. The van der Waals surface area contributed by atoms with E-state index in [0.717, 1.165) is 5.56 Å². The molecule has 0 saturated heterocycles. The van der Waals surface area contributed by atoms with Crippen LogP contribution in [0.25, 0.3) is 6.08 Å². The highest BCUT2D eigenvalue weighted by Crippen LogP contribution is 2.29. The maximum absolute atomic E-state index is 13.0. The molecule has 0 aliphatic rings. The number of ether oxygens (including phenoxy) is 1. The van der Waals surface area contributed by atoms with Gasteiger partial charge in [-0.1, -0.05) is 35.3 Å². The lowest BCUT2D eigenvalue weighted by molar-refractivity contribution is -0.112. The number of halogens is 4. The van der Waals surface area contributed by atoms with E-state index in [1.165, 1.54) is 30.3 Å². The Bertz CT molecular complexity index is 1190. The Morgan fingerprint density at radius 3 is 2.48 bits per heavy atom. The predicted octanol–water partition coefficient (Wildman–Crippen LogP) is 7.02. The zero-order valence-corrected chi connectivity index (χ0v) is 18.9. The minimum Gasteiger partial charge on any atom is -0.488 e. The molecule has 0 aromatic heterocycles. The average Bonchev–Trinajstić information content (AvgIpc) is 2.75. The quantitative estimate of drug-likeness (QED) is 0.281. The Labute approximate surface area is 197 Å². The number of hydrogen-bond donors (Lipinski definition) is 1. The molecule has 0 aliphatic carbocycles. The number of carbonyl (C=O) groups excluding carboxylic acids is 1. The molecule has 0 heterocycles. The number of carbonyl (C=O) groups is 1. The first kappa shape index (κ1) is 22.8. The van der Waals surface area contributed by atoms with Crippen molar-refractivity contribution in [3.8, 4) is 11.8 Å². The molecule has 1 N–H and O–H groups in total. The van der Waals surface area contributed by atoms with Gasteiger partial charge in [0.1, 0.15) is 29.8 Å². The maximum atomic E-state index is 13.0. The molecule has 0 bridgehead atoms. The van der Waals surface area contributed by atoms with Gasteiger partial charge in [-0.3, -0.25) is 4.79 Å². The van der Waals surface area contributed by atoms with Crippen molar-refractivity contribution in [2.24, 2.45) is 0 Å². The second-order valence-electron chi connectivity index (χ2n) is 6.36. The van der Waals surface area contributed by atoms with Crippen molar-refractivity contribution in [1.29, 1.82) is 5.26 Å². The molecule has 31 heavy (non-hydrogen) atoms. The Kier molecular flexibility index (Phi) is 7.69. The molecule has 4 nitrogen and oxygen atoms in total. The van der Waals surface area contributed by atoms with E-state index in [1.807, 2.05) is 12.1 Å². The summed E-state index contributed by atoms with van der Waals surface area (Å²) >= 11 is 15.4. The first-order chi connectivity index (χ1) is 14.9. The zero-order chi connectivity index (χ0) is 22.4. The van der Waals surface area contributed by atoms with Crippen molar-refractivity contribution in [3.63, 3.8) is 0 Å². The van der Waals surface area contributed by atoms with E-state index in [-0.39, 0.29) is 12.2 Å². The smallest absolute Gasteiger partial charge is 0.266 e. The van der Waals surface area contributed by atoms with Crippen LogP contribution in [0.2, 0.25) is 10.0 Å². The summed E-state index contributed by atoms with van der Waals surface area (Å²) in [5.74, 6) is -0.428. The van der Waals surface area contributed by atoms with Gasteiger partial charge < -0.3 is 10.1 Å². The number of benzene rings is 3. The van der Waals surface area contributed by atoms with Crippen molar-refractivity contribution >= 4 is 56.8 Å². The van der Waals surface area contributed by atoms with Crippen molar-refractivity contribution in [1.82, 2.24) is 0 Å². The summed E-state index contributed by atoms with van der Waals surface area (Å²) in [7, 11) is 0. The normalized spacial score (nSPS) is 11.0. The van der Waals surface area contributed by atoms with E-state index < -0.39 is 11.7 Å². The van der Waals surface area contributed by atoms with Gasteiger partial charge in [0.25, 0.3) is 5.91 Å². The van der Waals surface area contributed by atoms with Gasteiger partial charge in [0.15, 0.2) is 0 Å². The average molecular weight is 520 g/mol. The molecule has 0 radical (unpaired) electrons. The lowest BCUT2D eigenvalue weighted by atomic mass is 10.1. The molecule has 3 aromatic carbocycles. The fourth-order valence-corrected chi connectivity index (χ4v) is 3.39. The van der Waals surface area contributed by atoms with Crippen LogP contribution in [0.1, 0.15) is 11.1 Å². The summed E-state index contributed by atoms with van der Waals surface area (Å²) in [6.07, 6.45) is 1.45. The number of nitrogens with one attached hydrogen (secondary N) is 1. The Morgan fingerprint density at radius 2 is 1.84 bits per heavy atom. The third-order valence-corrected chi connectivity index (χ3v) is 5.47. The summed E-state index contributed by atoms with van der Waals surface area (Å²) in [6.45, 7) is 0.286. The van der Waals surface area contributed by atoms with Crippen LogP contribution in [0.5, 0.6) is 5.75 Å². The second-order valence-corrected chi connectivity index (χ2v) is 8.03. The largest absolute Gasteiger partial charge is 0.488 e. The van der Waals surface area contributed by atoms with Gasteiger partial charge in [0, 0.05) is 5.69 Å². The van der Waals surface area contributed by atoms with Gasteiger partial charge in [0.05, 0.1) is 14.5 Å². The van der Waals surface area contributed by atoms with Crippen LogP contribution in [-0.2, 0) is 11.4 Å². The van der Waals surface area contributed by atoms with E-state index in [2.05, 4.69) is 21.2 Å². The lowest BCUT2D eigenvalue weighted by Crippen LogP contribution is -2.13. The van der Waals surface area contributed by atoms with E-state index in [4.69, 9.17) is 27.9 Å². The highest BCUT2D eigenvalue weighted by atomic mass is 79.9. The molecule has 8 heteroatoms. The first-order valence-corrected chi connectivity index (χ1v) is 10.5. The third kappa shape index (κ3) is 6.31. The van der Waals surface area contributed by atoms with Crippen molar-refractivity contribution in [3.05, 3.63) is 97.7 Å². The van der Waals surface area contributed by atoms with Crippen molar-refractivity contribution in [2.45, 2.75) is 6.61 Å². The summed E-state index contributed by atoms with van der Waals surface area (Å²) in [4.78, 5) is 12.3. The number of rotatable bonds is 6. The number of hydrogen-bond acceptors (Lipinski definition) is 3. The van der Waals surface area contributed by atoms with Crippen molar-refractivity contribution < 1.29 is 13.9 Å². The number of nitriles is 1. The first-order valence-electron chi connectivity index (χ1n) is 8.90. The number of anilines is 1. The van der Waals surface area contributed by atoms with E-state index >= 15 is 0 Å². The molecule has 3 rings (SSSR count). The Balaban J connectivity index is 1.70. The molecule has 0 spiro atoms. The van der Waals surface area contributed by atoms with Crippen LogP contribution >= 0.6 is 39.1 Å². The van der Waals surface area contributed by atoms with Crippen molar-refractivity contribution in [2.75, 3.05) is 5.32 Å². The van der Waals surface area contributed by atoms with Crippen LogP contribution in [-0.4, -0.2) is 5.91 Å². The number of amides is 1. The van der Waals surface area contributed by atoms with Crippen LogP contribution in [0, 0.1) is 17.1 Å². The van der Waals surface area contributed by atoms with E-state index in [9.17, 15) is 14.4 Å². The van der Waals surface area contributed by atoms with Gasteiger partial charge in [-0.15, -0.1) is 0 Å². The number of nitrogens with zero attached hydrogens (tertiary/aromatic N) is 1. The monoisotopic (exact) mass is 518 g/mol. The maximum Gasteiger partial charge on any atom is 0.266 e. The summed E-state index contributed by atoms with van der Waals surface area (Å²) in [5.41, 5.74) is 1.77. The zero-order valence-electron chi connectivity index (χ0n) is 15.8. The summed E-state index contributed by atoms with van der Waals surface area (Å²) in [5, 5.41) is 12.8. The highest BCUT2D eigenvalue weighted by molar-refractivity contribution is 9.10. The molecule has 0 atom stereocenters. The third-order valence-electron chi connectivity index (χ3n) is 4.11. The summed E-state index contributed by atoms with van der Waals surface area (Å²) in [6, 6.07) is 17.6. The minimum absolute atomic E-state index is 0.0966. The molecule has 0 unspecified atom stereocenters. The van der Waals surface area contributed by atoms with E-state index in [1.54, 1.807) is 30.3 Å². The second kappa shape index (κ2) is 10.5. The molecule has 0 saturated carbocycles. The molecule has 3 aromatic rings. The van der Waals surface area contributed by atoms with Gasteiger partial charge >= 0.3 is 0 Å². The molecule has 1 amide bonds. The Morgan fingerprint density at radius 1 is 1.10 bits per heavy atom. The highest BCUT2D eigenvalue weighted by Gasteiger charge is 2.11. The molecule has 156 valence electrons. The molecule has 0 fully saturated rings. The topological polar surface area (TPSA) is 62.1 Å². The van der Waals surface area contributed by atoms with Crippen LogP contribution in [0.15, 0.2) is 70.7 Å². The Hall–Kier alpha value is -2.85. The van der Waals surface area contributed by atoms with Gasteiger partial charge in [-0.25, -0.2) is 4.39 Å². The summed E-state index contributed by atoms with van der Waals surface area (Å²) < 4.78 is 19.4. The minimum atomic E-state index is -0.592. The van der Waals surface area contributed by atoms with Crippen LogP contribution in [0.4, 0.5) is 10.1 Å².